The second kappa shape index (κ2) is 9.48. The summed E-state index contributed by atoms with van der Waals surface area (Å²) in [5.74, 6) is 0.721. The Bertz CT molecular complexity index is 1110. The van der Waals surface area contributed by atoms with Crippen molar-refractivity contribution in [2.45, 2.75) is 40.5 Å². The van der Waals surface area contributed by atoms with Gasteiger partial charge in [-0.3, -0.25) is 4.79 Å². The number of hydrogen-bond donors (Lipinski definition) is 0. The van der Waals surface area contributed by atoms with Gasteiger partial charge in [-0.05, 0) is 62.1 Å². The molecule has 2 aromatic carbocycles. The van der Waals surface area contributed by atoms with Crippen molar-refractivity contribution in [2.75, 3.05) is 13.2 Å². The van der Waals surface area contributed by atoms with Crippen LogP contribution in [-0.4, -0.2) is 19.2 Å². The number of fused-ring (bicyclic) bond motifs is 1. The third-order valence-corrected chi connectivity index (χ3v) is 4.82. The van der Waals surface area contributed by atoms with Crippen molar-refractivity contribution in [1.29, 1.82) is 0 Å². The van der Waals surface area contributed by atoms with Crippen molar-refractivity contribution in [1.82, 2.24) is 0 Å². The fraction of sp³-hybridized carbons (Fsp3) is 0.333. The highest BCUT2D eigenvalue weighted by atomic mass is 16.6. The monoisotopic (exact) mass is 410 g/mol. The van der Waals surface area contributed by atoms with E-state index < -0.39 is 5.97 Å². The highest BCUT2D eigenvalue weighted by molar-refractivity contribution is 5.79. The van der Waals surface area contributed by atoms with Crippen molar-refractivity contribution in [3.05, 3.63) is 63.5 Å². The smallest absolute Gasteiger partial charge is 0.344 e. The summed E-state index contributed by atoms with van der Waals surface area (Å²) in [6.07, 6.45) is 3.07. The van der Waals surface area contributed by atoms with E-state index in [0.29, 0.717) is 29.1 Å². The molecule has 1 aromatic heterocycles. The minimum atomic E-state index is -0.433. The molecule has 158 valence electrons. The molecule has 0 radical (unpaired) electrons. The second-order valence-electron chi connectivity index (χ2n) is 7.26. The molecule has 0 saturated carbocycles. The Kier molecular flexibility index (Phi) is 6.77. The third-order valence-electron chi connectivity index (χ3n) is 4.82. The quantitative estimate of drug-likeness (QED) is 0.374. The number of rotatable bonds is 8. The van der Waals surface area contributed by atoms with Gasteiger partial charge in [0.15, 0.2) is 6.61 Å². The van der Waals surface area contributed by atoms with Crippen LogP contribution in [0.3, 0.4) is 0 Å². The van der Waals surface area contributed by atoms with E-state index >= 15 is 0 Å². The van der Waals surface area contributed by atoms with Crippen LogP contribution < -0.4 is 14.9 Å². The molecule has 3 rings (SSSR count). The van der Waals surface area contributed by atoms with E-state index in [2.05, 4.69) is 6.07 Å². The Morgan fingerprint density at radius 2 is 1.87 bits per heavy atom. The maximum Gasteiger partial charge on any atom is 0.344 e. The van der Waals surface area contributed by atoms with Gasteiger partial charge in [-0.2, -0.15) is 0 Å². The topological polar surface area (TPSA) is 75.0 Å². The first kappa shape index (κ1) is 21.4. The maximum absolute atomic E-state index is 12.8. The molecule has 0 spiro atoms. The van der Waals surface area contributed by atoms with Gasteiger partial charge >= 0.3 is 5.97 Å². The number of aryl methyl sites for hydroxylation is 2. The molecule has 0 unspecified atom stereocenters. The lowest BCUT2D eigenvalue weighted by Crippen LogP contribution is -2.15. The van der Waals surface area contributed by atoms with Crippen molar-refractivity contribution in [3.8, 4) is 17.2 Å². The number of esters is 1. The summed E-state index contributed by atoms with van der Waals surface area (Å²) in [5.41, 5.74) is 3.18. The summed E-state index contributed by atoms with van der Waals surface area (Å²) in [6.45, 7) is 8.12. The van der Waals surface area contributed by atoms with Crippen LogP contribution >= 0.6 is 0 Å². The molecule has 0 bridgehead atoms. The standard InChI is InChI=1S/C24H26O6/c1-5-6-9-27-23(25)14-28-18-7-8-19-21(12-18)29-13-22(24(19)26)30-20-11-15(2)10-16(3)17(20)4/h7-8,10-13H,5-6,9,14H2,1-4H3. The molecule has 30 heavy (non-hydrogen) atoms. The van der Waals surface area contributed by atoms with E-state index in [4.69, 9.17) is 18.6 Å². The largest absolute Gasteiger partial charge is 0.482 e. The number of ether oxygens (including phenoxy) is 3. The number of hydrogen-bond acceptors (Lipinski definition) is 6. The molecule has 0 aliphatic rings. The summed E-state index contributed by atoms with van der Waals surface area (Å²) in [5, 5.41) is 0.368. The zero-order valence-electron chi connectivity index (χ0n) is 17.7. The van der Waals surface area contributed by atoms with E-state index in [1.54, 1.807) is 18.2 Å². The first-order valence-electron chi connectivity index (χ1n) is 9.98. The Labute approximate surface area is 175 Å². The zero-order chi connectivity index (χ0) is 21.7. The molecule has 0 saturated heterocycles. The van der Waals surface area contributed by atoms with Gasteiger partial charge in [0.05, 0.1) is 12.0 Å². The van der Waals surface area contributed by atoms with Gasteiger partial charge in [0.2, 0.25) is 11.2 Å². The lowest BCUT2D eigenvalue weighted by atomic mass is 10.1. The molecule has 1 heterocycles. The number of carbonyl (C=O) groups excluding carboxylic acids is 1. The number of unbranched alkanes of at least 4 members (excludes halogenated alkanes) is 1. The van der Waals surface area contributed by atoms with Gasteiger partial charge in [0.1, 0.15) is 23.3 Å². The predicted octanol–water partition coefficient (Wildman–Crippen LogP) is 5.23. The molecule has 0 atom stereocenters. The highest BCUT2D eigenvalue weighted by Gasteiger charge is 2.13. The van der Waals surface area contributed by atoms with Crippen molar-refractivity contribution in [2.24, 2.45) is 0 Å². The van der Waals surface area contributed by atoms with E-state index in [0.717, 1.165) is 29.5 Å². The van der Waals surface area contributed by atoms with Crippen LogP contribution in [0.15, 0.2) is 45.8 Å². The summed E-state index contributed by atoms with van der Waals surface area (Å²) in [4.78, 5) is 24.5. The van der Waals surface area contributed by atoms with Gasteiger partial charge < -0.3 is 18.6 Å². The van der Waals surface area contributed by atoms with Gasteiger partial charge in [-0.15, -0.1) is 0 Å². The zero-order valence-corrected chi connectivity index (χ0v) is 17.7. The van der Waals surface area contributed by atoms with Gasteiger partial charge in [0.25, 0.3) is 0 Å². The van der Waals surface area contributed by atoms with Crippen molar-refractivity contribution < 1.29 is 23.4 Å². The highest BCUT2D eigenvalue weighted by Crippen LogP contribution is 2.28. The Hall–Kier alpha value is -3.28. The average molecular weight is 410 g/mol. The first-order chi connectivity index (χ1) is 14.4. The third kappa shape index (κ3) is 5.00. The van der Waals surface area contributed by atoms with Crippen LogP contribution in [0.4, 0.5) is 0 Å². The normalized spacial score (nSPS) is 10.8. The summed E-state index contributed by atoms with van der Waals surface area (Å²) in [7, 11) is 0. The van der Waals surface area contributed by atoms with Crippen LogP contribution in [0.1, 0.15) is 36.5 Å². The average Bonchev–Trinajstić information content (AvgIpc) is 2.72. The van der Waals surface area contributed by atoms with E-state index in [1.807, 2.05) is 33.8 Å². The lowest BCUT2D eigenvalue weighted by molar-refractivity contribution is -0.146. The fourth-order valence-electron chi connectivity index (χ4n) is 2.99. The predicted molar refractivity (Wildman–Crippen MR) is 115 cm³/mol. The molecule has 6 nitrogen and oxygen atoms in total. The van der Waals surface area contributed by atoms with Gasteiger partial charge in [-0.25, -0.2) is 4.79 Å². The molecule has 6 heteroatoms. The van der Waals surface area contributed by atoms with Crippen LogP contribution in [0.25, 0.3) is 11.0 Å². The van der Waals surface area contributed by atoms with Crippen molar-refractivity contribution >= 4 is 16.9 Å². The SMILES string of the molecule is CCCCOC(=O)COc1ccc2c(=O)c(Oc3cc(C)cc(C)c3C)coc2c1. The maximum atomic E-state index is 12.8. The van der Waals surface area contributed by atoms with E-state index in [1.165, 1.54) is 6.26 Å². The molecule has 0 aliphatic heterocycles. The van der Waals surface area contributed by atoms with Gasteiger partial charge in [0, 0.05) is 6.07 Å². The van der Waals surface area contributed by atoms with E-state index in [-0.39, 0.29) is 17.8 Å². The van der Waals surface area contributed by atoms with Crippen molar-refractivity contribution in [3.63, 3.8) is 0 Å². The molecule has 3 aromatic rings. The Morgan fingerprint density at radius 1 is 1.07 bits per heavy atom. The Morgan fingerprint density at radius 3 is 2.63 bits per heavy atom. The molecule has 0 amide bonds. The summed E-state index contributed by atoms with van der Waals surface area (Å²) in [6, 6.07) is 8.74. The number of benzene rings is 2. The first-order valence-corrected chi connectivity index (χ1v) is 9.98. The molecular formula is C24H26O6. The van der Waals surface area contributed by atoms with Crippen LogP contribution in [0.5, 0.6) is 17.2 Å². The minimum Gasteiger partial charge on any atom is -0.482 e. The number of carbonyl (C=O) groups is 1. The van der Waals surface area contributed by atoms with Gasteiger partial charge in [-0.1, -0.05) is 19.4 Å². The minimum absolute atomic E-state index is 0.115. The lowest BCUT2D eigenvalue weighted by Gasteiger charge is -2.12. The Balaban J connectivity index is 1.77. The van der Waals surface area contributed by atoms with Crippen LogP contribution in [0.2, 0.25) is 0 Å². The van der Waals surface area contributed by atoms with Crippen LogP contribution in [-0.2, 0) is 9.53 Å². The summed E-state index contributed by atoms with van der Waals surface area (Å²) < 4.78 is 22.0. The molecule has 0 fully saturated rings. The fourth-order valence-corrected chi connectivity index (χ4v) is 2.99. The second-order valence-corrected chi connectivity index (χ2v) is 7.26. The molecule has 0 aliphatic carbocycles. The molecule has 0 N–H and O–H groups in total. The van der Waals surface area contributed by atoms with E-state index in [9.17, 15) is 9.59 Å². The van der Waals surface area contributed by atoms with Crippen LogP contribution in [0, 0.1) is 20.8 Å². The molecular weight excluding hydrogens is 384 g/mol. The summed E-state index contributed by atoms with van der Waals surface area (Å²) >= 11 is 0.